The molecule has 0 aromatic heterocycles. The first-order valence-electron chi connectivity index (χ1n) is 6.51. The highest BCUT2D eigenvalue weighted by molar-refractivity contribution is 6.17. The molecule has 0 fully saturated rings. The van der Waals surface area contributed by atoms with Crippen LogP contribution in [-0.2, 0) is 5.88 Å². The summed E-state index contributed by atoms with van der Waals surface area (Å²) in [5, 5.41) is 9.19. The molecule has 102 valence electrons. The van der Waals surface area contributed by atoms with Crippen LogP contribution in [0.15, 0.2) is 42.5 Å². The van der Waals surface area contributed by atoms with Gasteiger partial charge in [0.05, 0.1) is 5.56 Å². The van der Waals surface area contributed by atoms with Gasteiger partial charge in [0, 0.05) is 5.88 Å². The van der Waals surface area contributed by atoms with E-state index in [2.05, 4.69) is 26.0 Å². The predicted octanol–water partition coefficient (Wildman–Crippen LogP) is 5.21. The van der Waals surface area contributed by atoms with Crippen LogP contribution in [0.2, 0.25) is 0 Å². The summed E-state index contributed by atoms with van der Waals surface area (Å²) in [4.78, 5) is 0. The summed E-state index contributed by atoms with van der Waals surface area (Å²) in [6, 6.07) is 15.5. The lowest BCUT2D eigenvalue weighted by Crippen LogP contribution is -1.92. The first kappa shape index (κ1) is 14.4. The molecule has 0 heterocycles. The lowest BCUT2D eigenvalue weighted by Gasteiger charge is -2.11. The van der Waals surface area contributed by atoms with Crippen molar-refractivity contribution < 1.29 is 4.74 Å². The third-order valence-electron chi connectivity index (χ3n) is 3.07. The molecule has 0 spiro atoms. The van der Waals surface area contributed by atoms with Crippen LogP contribution in [0.1, 0.15) is 36.5 Å². The molecule has 2 nitrogen and oxygen atoms in total. The molecule has 0 saturated carbocycles. The molecular formula is C17H16ClNO. The lowest BCUT2D eigenvalue weighted by atomic mass is 10.0. The molecule has 2 aromatic carbocycles. The smallest absolute Gasteiger partial charge is 0.145 e. The molecular weight excluding hydrogens is 270 g/mol. The van der Waals surface area contributed by atoms with Gasteiger partial charge in [-0.2, -0.15) is 5.26 Å². The number of hydrogen-bond acceptors (Lipinski definition) is 2. The summed E-state index contributed by atoms with van der Waals surface area (Å²) in [7, 11) is 0. The second kappa shape index (κ2) is 6.45. The number of benzene rings is 2. The molecule has 0 aliphatic heterocycles. The third-order valence-corrected chi connectivity index (χ3v) is 3.38. The van der Waals surface area contributed by atoms with Crippen molar-refractivity contribution >= 4 is 11.6 Å². The molecule has 0 atom stereocenters. The average Bonchev–Trinajstić information content (AvgIpc) is 2.48. The van der Waals surface area contributed by atoms with E-state index in [9.17, 15) is 5.26 Å². The van der Waals surface area contributed by atoms with E-state index >= 15 is 0 Å². The van der Waals surface area contributed by atoms with Gasteiger partial charge in [-0.25, -0.2) is 0 Å². The van der Waals surface area contributed by atoms with Crippen molar-refractivity contribution in [2.45, 2.75) is 25.6 Å². The minimum atomic E-state index is 0.387. The zero-order valence-electron chi connectivity index (χ0n) is 11.6. The molecule has 0 amide bonds. The maximum Gasteiger partial charge on any atom is 0.145 e. The molecule has 0 aliphatic rings. The Morgan fingerprint density at radius 3 is 2.65 bits per heavy atom. The van der Waals surface area contributed by atoms with E-state index in [0.29, 0.717) is 23.1 Å². The quantitative estimate of drug-likeness (QED) is 0.722. The summed E-state index contributed by atoms with van der Waals surface area (Å²) in [5.74, 6) is 2.12. The molecule has 2 rings (SSSR count). The molecule has 2 aromatic rings. The first-order chi connectivity index (χ1) is 9.63. The van der Waals surface area contributed by atoms with E-state index in [1.165, 1.54) is 5.56 Å². The van der Waals surface area contributed by atoms with Crippen LogP contribution in [0.25, 0.3) is 0 Å². The molecule has 0 saturated heterocycles. The summed E-state index contributed by atoms with van der Waals surface area (Å²) < 4.78 is 5.83. The van der Waals surface area contributed by atoms with E-state index in [0.717, 1.165) is 11.3 Å². The van der Waals surface area contributed by atoms with Crippen LogP contribution in [0.5, 0.6) is 11.5 Å². The Morgan fingerprint density at radius 1 is 1.20 bits per heavy atom. The van der Waals surface area contributed by atoms with Crippen LogP contribution in [-0.4, -0.2) is 0 Å². The summed E-state index contributed by atoms with van der Waals surface area (Å²) in [6.07, 6.45) is 0. The van der Waals surface area contributed by atoms with Gasteiger partial charge >= 0.3 is 0 Å². The van der Waals surface area contributed by atoms with Gasteiger partial charge in [-0.1, -0.05) is 32.0 Å². The normalized spacial score (nSPS) is 10.3. The van der Waals surface area contributed by atoms with Gasteiger partial charge in [0.15, 0.2) is 0 Å². The Hall–Kier alpha value is -1.98. The fourth-order valence-electron chi connectivity index (χ4n) is 1.90. The molecule has 0 bridgehead atoms. The summed E-state index contributed by atoms with van der Waals surface area (Å²) in [5.41, 5.74) is 2.61. The topological polar surface area (TPSA) is 33.0 Å². The van der Waals surface area contributed by atoms with Crippen LogP contribution in [0.3, 0.4) is 0 Å². The fraction of sp³-hybridized carbons (Fsp3) is 0.235. The monoisotopic (exact) mass is 285 g/mol. The van der Waals surface area contributed by atoms with E-state index in [1.54, 1.807) is 12.1 Å². The van der Waals surface area contributed by atoms with Crippen molar-refractivity contribution in [1.82, 2.24) is 0 Å². The minimum Gasteiger partial charge on any atom is -0.456 e. The Balaban J connectivity index is 2.30. The van der Waals surface area contributed by atoms with Crippen LogP contribution >= 0.6 is 11.6 Å². The second-order valence-electron chi connectivity index (χ2n) is 4.91. The van der Waals surface area contributed by atoms with Crippen LogP contribution < -0.4 is 4.74 Å². The highest BCUT2D eigenvalue weighted by Gasteiger charge is 2.07. The van der Waals surface area contributed by atoms with E-state index in [1.807, 2.05) is 24.3 Å². The van der Waals surface area contributed by atoms with Crippen molar-refractivity contribution in [2.75, 3.05) is 0 Å². The Morgan fingerprint density at radius 2 is 2.00 bits per heavy atom. The third kappa shape index (κ3) is 3.31. The molecule has 0 radical (unpaired) electrons. The maximum atomic E-state index is 9.19. The van der Waals surface area contributed by atoms with Crippen molar-refractivity contribution in [3.8, 4) is 17.6 Å². The number of alkyl halides is 1. The van der Waals surface area contributed by atoms with E-state index in [4.69, 9.17) is 16.3 Å². The van der Waals surface area contributed by atoms with Crippen molar-refractivity contribution in [3.05, 3.63) is 59.2 Å². The summed E-state index contributed by atoms with van der Waals surface area (Å²) in [6.45, 7) is 4.27. The number of hydrogen-bond donors (Lipinski definition) is 0. The zero-order valence-corrected chi connectivity index (χ0v) is 12.3. The highest BCUT2D eigenvalue weighted by Crippen LogP contribution is 2.28. The van der Waals surface area contributed by atoms with Gasteiger partial charge in [-0.15, -0.1) is 11.6 Å². The highest BCUT2D eigenvalue weighted by atomic mass is 35.5. The molecule has 0 aliphatic carbocycles. The van der Waals surface area contributed by atoms with Crippen LogP contribution in [0, 0.1) is 11.3 Å². The van der Waals surface area contributed by atoms with E-state index < -0.39 is 0 Å². The average molecular weight is 286 g/mol. The van der Waals surface area contributed by atoms with Crippen molar-refractivity contribution in [2.24, 2.45) is 0 Å². The minimum absolute atomic E-state index is 0.387. The van der Waals surface area contributed by atoms with Crippen molar-refractivity contribution in [1.29, 1.82) is 5.26 Å². The number of nitrogens with zero attached hydrogens (tertiary/aromatic N) is 1. The number of rotatable bonds is 4. The molecule has 0 N–H and O–H groups in total. The standard InChI is InChI=1S/C17H16ClNO/c1-12(2)14-4-3-5-16(9-14)20-17-7-6-13(10-18)8-15(17)11-19/h3-9,12H,10H2,1-2H3. The van der Waals surface area contributed by atoms with Gasteiger partial charge in [0.1, 0.15) is 17.6 Å². The predicted molar refractivity (Wildman–Crippen MR) is 81.3 cm³/mol. The van der Waals surface area contributed by atoms with Crippen LogP contribution in [0.4, 0.5) is 0 Å². The summed E-state index contributed by atoms with van der Waals surface area (Å²) >= 11 is 5.77. The largest absolute Gasteiger partial charge is 0.456 e. The number of ether oxygens (including phenoxy) is 1. The van der Waals surface area contributed by atoms with Crippen molar-refractivity contribution in [3.63, 3.8) is 0 Å². The molecule has 3 heteroatoms. The second-order valence-corrected chi connectivity index (χ2v) is 5.17. The number of nitriles is 1. The van der Waals surface area contributed by atoms with Gasteiger partial charge in [-0.05, 0) is 41.3 Å². The molecule has 20 heavy (non-hydrogen) atoms. The van der Waals surface area contributed by atoms with Gasteiger partial charge in [0.2, 0.25) is 0 Å². The first-order valence-corrected chi connectivity index (χ1v) is 7.04. The Kier molecular flexibility index (Phi) is 4.65. The van der Waals surface area contributed by atoms with Gasteiger partial charge < -0.3 is 4.74 Å². The fourth-order valence-corrected chi connectivity index (χ4v) is 2.07. The zero-order chi connectivity index (χ0) is 14.5. The maximum absolute atomic E-state index is 9.19. The Bertz CT molecular complexity index is 644. The number of halogens is 1. The van der Waals surface area contributed by atoms with Gasteiger partial charge in [-0.3, -0.25) is 0 Å². The van der Waals surface area contributed by atoms with Gasteiger partial charge in [0.25, 0.3) is 0 Å². The lowest BCUT2D eigenvalue weighted by molar-refractivity contribution is 0.480. The Labute approximate surface area is 124 Å². The van der Waals surface area contributed by atoms with E-state index in [-0.39, 0.29) is 0 Å². The SMILES string of the molecule is CC(C)c1cccc(Oc2ccc(CCl)cc2C#N)c1. The molecule has 0 unspecified atom stereocenters.